The van der Waals surface area contributed by atoms with Crippen LogP contribution in [0.3, 0.4) is 0 Å². The number of hydrogen-bond acceptors (Lipinski definition) is 4. The summed E-state index contributed by atoms with van der Waals surface area (Å²) in [5.41, 5.74) is 2.22. The van der Waals surface area contributed by atoms with Gasteiger partial charge in [-0.05, 0) is 12.5 Å². The highest BCUT2D eigenvalue weighted by molar-refractivity contribution is 7.84. The Labute approximate surface area is 114 Å². The van der Waals surface area contributed by atoms with Crippen LogP contribution in [0.5, 0.6) is 0 Å². The van der Waals surface area contributed by atoms with Crippen molar-refractivity contribution in [3.63, 3.8) is 0 Å². The van der Waals surface area contributed by atoms with Gasteiger partial charge in [-0.1, -0.05) is 18.2 Å². The summed E-state index contributed by atoms with van der Waals surface area (Å²) in [4.78, 5) is 4.26. The van der Waals surface area contributed by atoms with E-state index >= 15 is 0 Å². The number of benzene rings is 1. The van der Waals surface area contributed by atoms with Crippen LogP contribution in [-0.2, 0) is 10.8 Å². The molecule has 0 saturated carbocycles. The van der Waals surface area contributed by atoms with Crippen molar-refractivity contribution in [1.29, 1.82) is 5.26 Å². The maximum absolute atomic E-state index is 11.0. The maximum atomic E-state index is 11.0. The van der Waals surface area contributed by atoms with Crippen LogP contribution in [0.25, 0.3) is 10.9 Å². The first-order valence-electron chi connectivity index (χ1n) is 6.04. The molecule has 4 nitrogen and oxygen atoms in total. The van der Waals surface area contributed by atoms with Crippen LogP contribution in [0.2, 0.25) is 0 Å². The summed E-state index contributed by atoms with van der Waals surface area (Å²) >= 11 is 0. The van der Waals surface area contributed by atoms with Gasteiger partial charge in [-0.3, -0.25) is 9.19 Å². The van der Waals surface area contributed by atoms with Crippen molar-refractivity contribution < 1.29 is 4.21 Å². The number of fused-ring (bicyclic) bond motifs is 1. The third kappa shape index (κ3) is 3.30. The standard InChI is InChI=1S/C14H15N3OS/c1-19(18)8-4-7-16-14-11(9-15)10-17-13-6-3-2-5-12(13)14/h2-3,5-6,10H,4,7-8H2,1H3,(H,16,17). The molecule has 0 spiro atoms. The van der Waals surface area contributed by atoms with E-state index < -0.39 is 10.8 Å². The van der Waals surface area contributed by atoms with Crippen molar-refractivity contribution in [1.82, 2.24) is 4.98 Å². The van der Waals surface area contributed by atoms with E-state index in [1.165, 1.54) is 0 Å². The molecular weight excluding hydrogens is 258 g/mol. The number of rotatable bonds is 5. The van der Waals surface area contributed by atoms with E-state index in [1.54, 1.807) is 12.5 Å². The summed E-state index contributed by atoms with van der Waals surface area (Å²) in [6.07, 6.45) is 4.09. The SMILES string of the molecule is CS(=O)CCCNc1c(C#N)cnc2ccccc12. The van der Waals surface area contributed by atoms with Crippen LogP contribution < -0.4 is 5.32 Å². The van der Waals surface area contributed by atoms with E-state index in [4.69, 9.17) is 5.26 Å². The van der Waals surface area contributed by atoms with Crippen molar-refractivity contribution in [3.8, 4) is 6.07 Å². The number of nitriles is 1. The quantitative estimate of drug-likeness (QED) is 0.849. The van der Waals surface area contributed by atoms with Gasteiger partial charge in [-0.25, -0.2) is 0 Å². The third-order valence-corrected chi connectivity index (χ3v) is 3.67. The molecule has 1 unspecified atom stereocenters. The minimum atomic E-state index is -0.775. The summed E-state index contributed by atoms with van der Waals surface area (Å²) in [7, 11) is -0.775. The van der Waals surface area contributed by atoms with Gasteiger partial charge in [-0.15, -0.1) is 0 Å². The molecule has 1 aromatic carbocycles. The summed E-state index contributed by atoms with van der Waals surface area (Å²) in [5.74, 6) is 0.665. The number of nitrogens with zero attached hydrogens (tertiary/aromatic N) is 2. The molecule has 5 heteroatoms. The fourth-order valence-corrected chi connectivity index (χ4v) is 2.46. The van der Waals surface area contributed by atoms with E-state index in [-0.39, 0.29) is 0 Å². The molecule has 2 aromatic rings. The molecule has 0 fully saturated rings. The Kier molecular flexibility index (Phi) is 4.48. The predicted molar refractivity (Wildman–Crippen MR) is 78.5 cm³/mol. The lowest BCUT2D eigenvalue weighted by molar-refractivity contribution is 0.685. The molecule has 0 aliphatic rings. The minimum Gasteiger partial charge on any atom is -0.383 e. The first kappa shape index (κ1) is 13.5. The van der Waals surface area contributed by atoms with Gasteiger partial charge >= 0.3 is 0 Å². The summed E-state index contributed by atoms with van der Waals surface area (Å²) in [6, 6.07) is 9.87. The molecule has 1 aromatic heterocycles. The van der Waals surface area contributed by atoms with Gasteiger partial charge < -0.3 is 5.32 Å². The molecule has 1 N–H and O–H groups in total. The maximum Gasteiger partial charge on any atom is 0.103 e. The molecular formula is C14H15N3OS. The van der Waals surface area contributed by atoms with Crippen LogP contribution in [0, 0.1) is 11.3 Å². The smallest absolute Gasteiger partial charge is 0.103 e. The summed E-state index contributed by atoms with van der Waals surface area (Å²) in [5, 5.41) is 13.4. The first-order chi connectivity index (χ1) is 9.22. The van der Waals surface area contributed by atoms with Crippen molar-refractivity contribution in [2.45, 2.75) is 6.42 Å². The van der Waals surface area contributed by atoms with E-state index in [1.807, 2.05) is 24.3 Å². The van der Waals surface area contributed by atoms with Gasteiger partial charge in [0.1, 0.15) is 6.07 Å². The van der Waals surface area contributed by atoms with E-state index in [0.29, 0.717) is 17.9 Å². The van der Waals surface area contributed by atoms with Crippen LogP contribution in [0.4, 0.5) is 5.69 Å². The number of pyridine rings is 1. The Bertz CT molecular complexity index is 649. The van der Waals surface area contributed by atoms with Gasteiger partial charge in [0.05, 0.1) is 16.8 Å². The average Bonchev–Trinajstić information content (AvgIpc) is 2.43. The van der Waals surface area contributed by atoms with Gasteiger partial charge in [-0.2, -0.15) is 5.26 Å². The minimum absolute atomic E-state index is 0.538. The Balaban J connectivity index is 2.24. The van der Waals surface area contributed by atoms with Crippen LogP contribution >= 0.6 is 0 Å². The lowest BCUT2D eigenvalue weighted by Gasteiger charge is -2.10. The molecule has 19 heavy (non-hydrogen) atoms. The average molecular weight is 273 g/mol. The van der Waals surface area contributed by atoms with Crippen molar-refractivity contribution in [3.05, 3.63) is 36.0 Å². The largest absolute Gasteiger partial charge is 0.383 e. The van der Waals surface area contributed by atoms with Crippen molar-refractivity contribution in [2.75, 3.05) is 23.9 Å². The first-order valence-corrected chi connectivity index (χ1v) is 7.77. The molecule has 1 heterocycles. The lowest BCUT2D eigenvalue weighted by atomic mass is 10.1. The van der Waals surface area contributed by atoms with Crippen LogP contribution in [0.1, 0.15) is 12.0 Å². The zero-order valence-corrected chi connectivity index (χ0v) is 11.5. The van der Waals surface area contributed by atoms with Gasteiger partial charge in [0.2, 0.25) is 0 Å². The van der Waals surface area contributed by atoms with Crippen molar-refractivity contribution in [2.24, 2.45) is 0 Å². The molecule has 1 atom stereocenters. The van der Waals surface area contributed by atoms with Crippen LogP contribution in [-0.4, -0.2) is 27.7 Å². The molecule has 0 amide bonds. The number of nitrogens with one attached hydrogen (secondary N) is 1. The number of anilines is 1. The fourth-order valence-electron chi connectivity index (χ4n) is 1.91. The lowest BCUT2D eigenvalue weighted by Crippen LogP contribution is -2.08. The second kappa shape index (κ2) is 6.30. The normalized spacial score (nSPS) is 12.0. The summed E-state index contributed by atoms with van der Waals surface area (Å²) < 4.78 is 11.0. The topological polar surface area (TPSA) is 65.8 Å². The Hall–Kier alpha value is -1.93. The molecule has 0 radical (unpaired) electrons. The zero-order valence-electron chi connectivity index (χ0n) is 10.7. The summed E-state index contributed by atoms with van der Waals surface area (Å²) in [6.45, 7) is 0.697. The third-order valence-electron chi connectivity index (χ3n) is 2.81. The van der Waals surface area contributed by atoms with Gasteiger partial charge in [0.25, 0.3) is 0 Å². The molecule has 0 aliphatic carbocycles. The second-order valence-electron chi connectivity index (χ2n) is 4.23. The Morgan fingerprint density at radius 1 is 1.42 bits per heavy atom. The zero-order chi connectivity index (χ0) is 13.7. The monoisotopic (exact) mass is 273 g/mol. The molecule has 0 bridgehead atoms. The number of aromatic nitrogens is 1. The van der Waals surface area contributed by atoms with E-state index in [9.17, 15) is 4.21 Å². The highest BCUT2D eigenvalue weighted by Crippen LogP contribution is 2.25. The van der Waals surface area contributed by atoms with E-state index in [0.717, 1.165) is 23.0 Å². The van der Waals surface area contributed by atoms with Crippen LogP contribution in [0.15, 0.2) is 30.5 Å². The van der Waals surface area contributed by atoms with E-state index in [2.05, 4.69) is 16.4 Å². The molecule has 2 rings (SSSR count). The molecule has 98 valence electrons. The number of para-hydroxylation sites is 1. The Morgan fingerprint density at radius 3 is 2.95 bits per heavy atom. The highest BCUT2D eigenvalue weighted by atomic mass is 32.2. The highest BCUT2D eigenvalue weighted by Gasteiger charge is 2.07. The fraction of sp³-hybridized carbons (Fsp3) is 0.286. The molecule has 0 aliphatic heterocycles. The van der Waals surface area contributed by atoms with Crippen molar-refractivity contribution >= 4 is 27.4 Å². The van der Waals surface area contributed by atoms with Gasteiger partial charge in [0, 0.05) is 40.9 Å². The molecule has 0 saturated heterocycles. The second-order valence-corrected chi connectivity index (χ2v) is 5.79. The predicted octanol–water partition coefficient (Wildman–Crippen LogP) is 2.29. The number of hydrogen-bond donors (Lipinski definition) is 1. The Morgan fingerprint density at radius 2 is 2.21 bits per heavy atom. The van der Waals surface area contributed by atoms with Gasteiger partial charge in [0.15, 0.2) is 0 Å².